The van der Waals surface area contributed by atoms with Crippen LogP contribution in [0.2, 0.25) is 0 Å². The molecule has 2 N–H and O–H groups in total. The molecule has 0 bridgehead atoms. The van der Waals surface area contributed by atoms with E-state index in [-0.39, 0.29) is 25.9 Å². The van der Waals surface area contributed by atoms with Crippen molar-refractivity contribution in [2.75, 3.05) is 20.2 Å². The van der Waals surface area contributed by atoms with Gasteiger partial charge in [-0.2, -0.15) is 0 Å². The second-order valence-corrected chi connectivity index (χ2v) is 4.74. The van der Waals surface area contributed by atoms with Crippen LogP contribution in [0, 0.1) is 5.41 Å². The monoisotopic (exact) mass is 235 g/mol. The Labute approximate surface area is 92.0 Å². The Morgan fingerprint density at radius 3 is 2.31 bits per heavy atom. The second-order valence-electron chi connectivity index (χ2n) is 4.74. The molecule has 6 heteroatoms. The van der Waals surface area contributed by atoms with E-state index in [9.17, 15) is 18.7 Å². The molecular formula is C10H15F2NO3. The lowest BCUT2D eigenvalue weighted by Crippen LogP contribution is -2.70. The lowest BCUT2D eigenvalue weighted by molar-refractivity contribution is -0.184. The molecule has 16 heavy (non-hydrogen) atoms. The number of aliphatic hydroxyl groups is 1. The minimum atomic E-state index is -2.89. The van der Waals surface area contributed by atoms with E-state index < -0.39 is 29.3 Å². The number of alkyl halides is 2. The minimum absolute atomic E-state index is 0.0230. The summed E-state index contributed by atoms with van der Waals surface area (Å²) < 4.78 is 31.2. The molecule has 2 fully saturated rings. The number of methoxy groups -OCH3 is 1. The molecule has 0 spiro atoms. The summed E-state index contributed by atoms with van der Waals surface area (Å²) in [5.74, 6) is -3.62. The SMILES string of the molecule is COC(=O)C1(C2(O)CNC2)CCC(F)(F)C1. The fourth-order valence-electron chi connectivity index (χ4n) is 2.67. The van der Waals surface area contributed by atoms with Crippen LogP contribution in [0.5, 0.6) is 0 Å². The molecule has 1 heterocycles. The van der Waals surface area contributed by atoms with Crippen LogP contribution in [0.25, 0.3) is 0 Å². The molecule has 0 aromatic rings. The minimum Gasteiger partial charge on any atom is -0.469 e. The van der Waals surface area contributed by atoms with Crippen LogP contribution in [0.1, 0.15) is 19.3 Å². The number of rotatable bonds is 2. The molecule has 4 nitrogen and oxygen atoms in total. The largest absolute Gasteiger partial charge is 0.469 e. The predicted octanol–water partition coefficient (Wildman–Crippen LogP) is 0.299. The van der Waals surface area contributed by atoms with Crippen LogP contribution in [0.15, 0.2) is 0 Å². The number of hydrogen-bond donors (Lipinski definition) is 2. The van der Waals surface area contributed by atoms with E-state index in [0.29, 0.717) is 0 Å². The number of hydrogen-bond acceptors (Lipinski definition) is 4. The maximum atomic E-state index is 13.3. The molecule has 1 aliphatic heterocycles. The lowest BCUT2D eigenvalue weighted by atomic mass is 9.67. The van der Waals surface area contributed by atoms with Crippen LogP contribution in [-0.2, 0) is 9.53 Å². The van der Waals surface area contributed by atoms with Crippen LogP contribution < -0.4 is 5.32 Å². The summed E-state index contributed by atoms with van der Waals surface area (Å²) in [6.45, 7) is 0.330. The van der Waals surface area contributed by atoms with Crippen molar-refractivity contribution in [2.24, 2.45) is 5.41 Å². The average molecular weight is 235 g/mol. The Balaban J connectivity index is 2.31. The lowest BCUT2D eigenvalue weighted by Gasteiger charge is -2.49. The topological polar surface area (TPSA) is 58.6 Å². The van der Waals surface area contributed by atoms with Gasteiger partial charge in [-0.25, -0.2) is 8.78 Å². The van der Waals surface area contributed by atoms with E-state index in [1.165, 1.54) is 0 Å². The molecule has 0 amide bonds. The van der Waals surface area contributed by atoms with Gasteiger partial charge in [-0.05, 0) is 6.42 Å². The zero-order valence-corrected chi connectivity index (χ0v) is 9.06. The Morgan fingerprint density at radius 2 is 2.00 bits per heavy atom. The summed E-state index contributed by atoms with van der Waals surface area (Å²) in [6, 6.07) is 0. The fraction of sp³-hybridized carbons (Fsp3) is 0.900. The van der Waals surface area contributed by atoms with Crippen molar-refractivity contribution in [2.45, 2.75) is 30.8 Å². The number of carbonyl (C=O) groups excluding carboxylic acids is 1. The molecule has 2 aliphatic rings. The Morgan fingerprint density at radius 1 is 1.38 bits per heavy atom. The van der Waals surface area contributed by atoms with Crippen molar-refractivity contribution in [1.29, 1.82) is 0 Å². The quantitative estimate of drug-likeness (QED) is 0.676. The fourth-order valence-corrected chi connectivity index (χ4v) is 2.67. The number of nitrogens with one attached hydrogen (secondary N) is 1. The third kappa shape index (κ3) is 1.43. The van der Waals surface area contributed by atoms with Crippen LogP contribution >= 0.6 is 0 Å². The zero-order chi connectivity index (χ0) is 12.0. The Kier molecular flexibility index (Phi) is 2.47. The van der Waals surface area contributed by atoms with Gasteiger partial charge < -0.3 is 15.2 Å². The molecule has 92 valence electrons. The third-order valence-corrected chi connectivity index (χ3v) is 3.78. The highest BCUT2D eigenvalue weighted by atomic mass is 19.3. The second kappa shape index (κ2) is 3.37. The first-order chi connectivity index (χ1) is 7.35. The number of ether oxygens (including phenoxy) is 1. The van der Waals surface area contributed by atoms with E-state index in [1.54, 1.807) is 0 Å². The van der Waals surface area contributed by atoms with Gasteiger partial charge in [0.1, 0.15) is 11.0 Å². The Bertz CT molecular complexity index is 317. The van der Waals surface area contributed by atoms with E-state index >= 15 is 0 Å². The smallest absolute Gasteiger partial charge is 0.315 e. The van der Waals surface area contributed by atoms with Crippen molar-refractivity contribution in [3.8, 4) is 0 Å². The number of esters is 1. The van der Waals surface area contributed by atoms with Gasteiger partial charge in [0.25, 0.3) is 0 Å². The summed E-state index contributed by atoms with van der Waals surface area (Å²) in [6.07, 6.45) is -1.01. The molecule has 0 aromatic carbocycles. The van der Waals surface area contributed by atoms with Crippen LogP contribution in [0.3, 0.4) is 0 Å². The van der Waals surface area contributed by atoms with Crippen molar-refractivity contribution in [1.82, 2.24) is 5.32 Å². The Hall–Kier alpha value is -0.750. The number of halogens is 2. The van der Waals surface area contributed by atoms with Gasteiger partial charge >= 0.3 is 5.97 Å². The summed E-state index contributed by atoms with van der Waals surface area (Å²) >= 11 is 0. The van der Waals surface area contributed by atoms with E-state index in [4.69, 9.17) is 0 Å². The molecule has 1 atom stereocenters. The standard InChI is InChI=1S/C10H15F2NO3/c1-16-7(14)8(9(15)5-13-6-9)2-3-10(11,12)4-8/h13,15H,2-6H2,1H3. The van der Waals surface area contributed by atoms with Crippen LogP contribution in [-0.4, -0.2) is 42.8 Å². The molecule has 0 aromatic heterocycles. The summed E-state index contributed by atoms with van der Waals surface area (Å²) in [5.41, 5.74) is -2.84. The zero-order valence-electron chi connectivity index (χ0n) is 9.06. The first-order valence-electron chi connectivity index (χ1n) is 5.25. The van der Waals surface area contributed by atoms with Gasteiger partial charge in [0.15, 0.2) is 0 Å². The molecule has 0 radical (unpaired) electrons. The molecule has 2 rings (SSSR count). The average Bonchev–Trinajstić information content (AvgIpc) is 2.51. The maximum absolute atomic E-state index is 13.3. The maximum Gasteiger partial charge on any atom is 0.315 e. The van der Waals surface area contributed by atoms with Crippen molar-refractivity contribution >= 4 is 5.97 Å². The van der Waals surface area contributed by atoms with Crippen molar-refractivity contribution in [3.05, 3.63) is 0 Å². The van der Waals surface area contributed by atoms with Gasteiger partial charge in [-0.3, -0.25) is 4.79 Å². The first-order valence-corrected chi connectivity index (χ1v) is 5.25. The van der Waals surface area contributed by atoms with Crippen LogP contribution in [0.4, 0.5) is 8.78 Å². The highest BCUT2D eigenvalue weighted by molar-refractivity contribution is 5.79. The van der Waals surface area contributed by atoms with Gasteiger partial charge in [-0.1, -0.05) is 0 Å². The summed E-state index contributed by atoms with van der Waals surface area (Å²) in [7, 11) is 1.16. The molecule has 1 saturated carbocycles. The molecule has 1 unspecified atom stereocenters. The van der Waals surface area contributed by atoms with Gasteiger partial charge in [0, 0.05) is 25.9 Å². The predicted molar refractivity (Wildman–Crippen MR) is 51.1 cm³/mol. The van der Waals surface area contributed by atoms with Gasteiger partial charge in [0.05, 0.1) is 7.11 Å². The number of β-amino-alcohol motifs (C(OH)–C–C–N with tert-alkyl or cyclic N) is 1. The van der Waals surface area contributed by atoms with Crippen molar-refractivity contribution < 1.29 is 23.4 Å². The normalized spacial score (nSPS) is 35.5. The molecule has 1 aliphatic carbocycles. The summed E-state index contributed by atoms with van der Waals surface area (Å²) in [4.78, 5) is 11.7. The highest BCUT2D eigenvalue weighted by Gasteiger charge is 2.66. The molecular weight excluding hydrogens is 220 g/mol. The first kappa shape index (κ1) is 11.7. The van der Waals surface area contributed by atoms with Crippen molar-refractivity contribution in [3.63, 3.8) is 0 Å². The third-order valence-electron chi connectivity index (χ3n) is 3.78. The van der Waals surface area contributed by atoms with Gasteiger partial charge in [0.2, 0.25) is 5.92 Å². The number of carbonyl (C=O) groups is 1. The highest BCUT2D eigenvalue weighted by Crippen LogP contribution is 2.54. The van der Waals surface area contributed by atoms with E-state index in [0.717, 1.165) is 7.11 Å². The molecule has 1 saturated heterocycles. The summed E-state index contributed by atoms with van der Waals surface area (Å²) in [5, 5.41) is 13.0. The van der Waals surface area contributed by atoms with E-state index in [1.807, 2.05) is 0 Å². The van der Waals surface area contributed by atoms with E-state index in [2.05, 4.69) is 10.1 Å². The van der Waals surface area contributed by atoms with Gasteiger partial charge in [-0.15, -0.1) is 0 Å².